The number of phenols is 2. The number of aliphatic imine (C=N–C) groups is 2. The van der Waals surface area contributed by atoms with Gasteiger partial charge in [-0.2, -0.15) is 0 Å². The highest BCUT2D eigenvalue weighted by Crippen LogP contribution is 2.22. The number of nitro groups is 2. The van der Waals surface area contributed by atoms with Gasteiger partial charge in [0.15, 0.2) is 0 Å². The van der Waals surface area contributed by atoms with Gasteiger partial charge in [0.2, 0.25) is 0 Å². The number of hydrogen-bond donors (Lipinski definition) is 2. The van der Waals surface area contributed by atoms with Gasteiger partial charge in [-0.3, -0.25) is 30.2 Å². The second kappa shape index (κ2) is 8.33. The Morgan fingerprint density at radius 1 is 0.808 bits per heavy atom. The first-order valence-electron chi connectivity index (χ1n) is 7.33. The maximum Gasteiger partial charge on any atom is 0.273 e. The Hall–Kier alpha value is -3.82. The second-order valence-corrected chi connectivity index (χ2v) is 5.07. The van der Waals surface area contributed by atoms with Gasteiger partial charge >= 0.3 is 0 Å². The van der Waals surface area contributed by atoms with Crippen molar-refractivity contribution >= 4 is 23.8 Å². The van der Waals surface area contributed by atoms with Gasteiger partial charge in [0.05, 0.1) is 35.1 Å². The molecule has 0 amide bonds. The molecule has 2 N–H and O–H groups in total. The maximum atomic E-state index is 10.6. The summed E-state index contributed by atoms with van der Waals surface area (Å²) >= 11 is 0. The zero-order chi connectivity index (χ0) is 19.1. The van der Waals surface area contributed by atoms with Crippen LogP contribution in [0, 0.1) is 20.2 Å². The molecule has 10 nitrogen and oxygen atoms in total. The van der Waals surface area contributed by atoms with Crippen LogP contribution in [0.3, 0.4) is 0 Å². The molecule has 0 fully saturated rings. The fraction of sp³-hybridized carbons (Fsp3) is 0.125. The summed E-state index contributed by atoms with van der Waals surface area (Å²) in [4.78, 5) is 28.0. The summed E-state index contributed by atoms with van der Waals surface area (Å²) in [5.74, 6) is -0.496. The van der Waals surface area contributed by atoms with Gasteiger partial charge in [0, 0.05) is 35.7 Å². The molecule has 0 aliphatic rings. The number of hydrogen-bond acceptors (Lipinski definition) is 8. The molecule has 0 saturated heterocycles. The third-order valence-electron chi connectivity index (χ3n) is 3.27. The van der Waals surface area contributed by atoms with Crippen LogP contribution >= 0.6 is 0 Å². The summed E-state index contributed by atoms with van der Waals surface area (Å²) < 4.78 is 0. The Morgan fingerprint density at radius 2 is 1.19 bits per heavy atom. The Balaban J connectivity index is 1.90. The standard InChI is InChI=1S/C16H14N4O6/c21-15-7-13(19(23)24)3-1-11(15)9-17-5-6-18-10-12-2-4-14(20(25)26)8-16(12)22/h1-4,7-10,21-22H,5-6H2. The molecule has 0 radical (unpaired) electrons. The van der Waals surface area contributed by atoms with Crippen LogP contribution in [0.25, 0.3) is 0 Å². The van der Waals surface area contributed by atoms with Crippen LogP contribution in [0.1, 0.15) is 11.1 Å². The van der Waals surface area contributed by atoms with Crippen molar-refractivity contribution in [2.75, 3.05) is 13.1 Å². The molecule has 0 heterocycles. The molecule has 26 heavy (non-hydrogen) atoms. The normalized spacial score (nSPS) is 11.2. The first-order chi connectivity index (χ1) is 12.4. The van der Waals surface area contributed by atoms with Crippen LogP contribution in [0.2, 0.25) is 0 Å². The van der Waals surface area contributed by atoms with Crippen molar-refractivity contribution in [3.63, 3.8) is 0 Å². The number of phenolic OH excluding ortho intramolecular Hbond substituents is 2. The van der Waals surface area contributed by atoms with Crippen LogP contribution in [0.4, 0.5) is 11.4 Å². The lowest BCUT2D eigenvalue weighted by atomic mass is 10.2. The Labute approximate surface area is 147 Å². The van der Waals surface area contributed by atoms with Crippen LogP contribution in [-0.4, -0.2) is 45.6 Å². The third-order valence-corrected chi connectivity index (χ3v) is 3.27. The van der Waals surface area contributed by atoms with Crippen molar-refractivity contribution in [3.05, 3.63) is 67.8 Å². The van der Waals surface area contributed by atoms with E-state index in [1.807, 2.05) is 0 Å². The molecule has 0 saturated carbocycles. The fourth-order valence-corrected chi connectivity index (χ4v) is 1.95. The zero-order valence-electron chi connectivity index (χ0n) is 13.3. The topological polar surface area (TPSA) is 151 Å². The van der Waals surface area contributed by atoms with Crippen LogP contribution in [0.5, 0.6) is 11.5 Å². The van der Waals surface area contributed by atoms with E-state index in [1.54, 1.807) is 0 Å². The Morgan fingerprint density at radius 3 is 1.50 bits per heavy atom. The molecular formula is C16H14N4O6. The Kier molecular flexibility index (Phi) is 5.93. The van der Waals surface area contributed by atoms with E-state index in [2.05, 4.69) is 9.98 Å². The SMILES string of the molecule is O=[N+]([O-])c1ccc(C=NCCN=Cc2ccc([N+](=O)[O-])cc2O)c(O)c1. The predicted octanol–water partition coefficient (Wildman–Crippen LogP) is 2.45. The van der Waals surface area contributed by atoms with Crippen molar-refractivity contribution in [1.29, 1.82) is 0 Å². The predicted molar refractivity (Wildman–Crippen MR) is 94.4 cm³/mol. The van der Waals surface area contributed by atoms with E-state index in [0.29, 0.717) is 11.1 Å². The van der Waals surface area contributed by atoms with E-state index >= 15 is 0 Å². The van der Waals surface area contributed by atoms with Crippen LogP contribution < -0.4 is 0 Å². The first-order valence-corrected chi connectivity index (χ1v) is 7.33. The van der Waals surface area contributed by atoms with Crippen molar-refractivity contribution in [2.24, 2.45) is 9.98 Å². The maximum absolute atomic E-state index is 10.6. The van der Waals surface area contributed by atoms with E-state index < -0.39 is 9.85 Å². The summed E-state index contributed by atoms with van der Waals surface area (Å²) in [5, 5.41) is 40.5. The number of aromatic hydroxyl groups is 2. The fourth-order valence-electron chi connectivity index (χ4n) is 1.95. The molecule has 2 rings (SSSR count). The van der Waals surface area contributed by atoms with E-state index in [-0.39, 0.29) is 36.0 Å². The number of non-ortho nitro benzene ring substituents is 2. The average molecular weight is 358 g/mol. The molecule has 0 spiro atoms. The zero-order valence-corrected chi connectivity index (χ0v) is 13.3. The van der Waals surface area contributed by atoms with Crippen molar-refractivity contribution in [3.8, 4) is 11.5 Å². The van der Waals surface area contributed by atoms with E-state index in [9.17, 15) is 30.4 Å². The largest absolute Gasteiger partial charge is 0.507 e. The Bertz CT molecular complexity index is 821. The summed E-state index contributed by atoms with van der Waals surface area (Å²) in [5.41, 5.74) is 0.250. The first kappa shape index (κ1) is 18.5. The smallest absolute Gasteiger partial charge is 0.273 e. The van der Waals surface area contributed by atoms with Gasteiger partial charge in [-0.05, 0) is 12.1 Å². The highest BCUT2D eigenvalue weighted by Gasteiger charge is 2.09. The minimum atomic E-state index is -0.608. The summed E-state index contributed by atoms with van der Waals surface area (Å²) in [6.45, 7) is 0.557. The monoisotopic (exact) mass is 358 g/mol. The van der Waals surface area contributed by atoms with Crippen LogP contribution in [-0.2, 0) is 0 Å². The third kappa shape index (κ3) is 4.84. The van der Waals surface area contributed by atoms with Gasteiger partial charge < -0.3 is 10.2 Å². The van der Waals surface area contributed by atoms with Gasteiger partial charge in [-0.1, -0.05) is 0 Å². The molecule has 10 heteroatoms. The highest BCUT2D eigenvalue weighted by molar-refractivity contribution is 5.84. The van der Waals surface area contributed by atoms with Crippen molar-refractivity contribution in [1.82, 2.24) is 0 Å². The van der Waals surface area contributed by atoms with Crippen molar-refractivity contribution in [2.45, 2.75) is 0 Å². The quantitative estimate of drug-likeness (QED) is 0.336. The molecule has 0 unspecified atom stereocenters. The molecule has 0 aromatic heterocycles. The molecule has 0 bridgehead atoms. The molecular weight excluding hydrogens is 344 g/mol. The van der Waals surface area contributed by atoms with Gasteiger partial charge in [0.25, 0.3) is 11.4 Å². The van der Waals surface area contributed by atoms with E-state index in [0.717, 1.165) is 12.1 Å². The number of benzene rings is 2. The summed E-state index contributed by atoms with van der Waals surface area (Å²) in [6, 6.07) is 7.37. The molecule has 0 aliphatic heterocycles. The summed E-state index contributed by atoms with van der Waals surface area (Å²) in [7, 11) is 0. The molecule has 134 valence electrons. The number of rotatable bonds is 7. The van der Waals surface area contributed by atoms with Gasteiger partial charge in [0.1, 0.15) is 11.5 Å². The van der Waals surface area contributed by atoms with Gasteiger partial charge in [-0.15, -0.1) is 0 Å². The minimum Gasteiger partial charge on any atom is -0.507 e. The lowest BCUT2D eigenvalue weighted by Gasteiger charge is -1.99. The minimum absolute atomic E-state index is 0.216. The van der Waals surface area contributed by atoms with E-state index in [1.165, 1.54) is 36.7 Å². The average Bonchev–Trinajstić information content (AvgIpc) is 2.59. The summed E-state index contributed by atoms with van der Waals surface area (Å²) in [6.07, 6.45) is 2.75. The van der Waals surface area contributed by atoms with E-state index in [4.69, 9.17) is 0 Å². The second-order valence-electron chi connectivity index (χ2n) is 5.07. The van der Waals surface area contributed by atoms with Crippen molar-refractivity contribution < 1.29 is 20.1 Å². The molecule has 2 aromatic carbocycles. The molecule has 0 atom stereocenters. The molecule has 0 aliphatic carbocycles. The lowest BCUT2D eigenvalue weighted by molar-refractivity contribution is -0.385. The van der Waals surface area contributed by atoms with Crippen LogP contribution in [0.15, 0.2) is 46.4 Å². The molecule has 2 aromatic rings. The highest BCUT2D eigenvalue weighted by atomic mass is 16.6. The van der Waals surface area contributed by atoms with Gasteiger partial charge in [-0.25, -0.2) is 0 Å². The number of nitrogens with zero attached hydrogens (tertiary/aromatic N) is 4. The number of nitro benzene ring substituents is 2. The lowest BCUT2D eigenvalue weighted by Crippen LogP contribution is -1.93.